The molecule has 0 saturated heterocycles. The molecule has 0 saturated carbocycles. The van der Waals surface area contributed by atoms with Crippen LogP contribution in [0, 0.1) is 0 Å². The number of phenols is 1. The molecule has 118 valence electrons. The lowest BCUT2D eigenvalue weighted by atomic mass is 10.1. The third-order valence-electron chi connectivity index (χ3n) is 3.97. The molecule has 0 aliphatic heterocycles. The Hall–Kier alpha value is -3.21. The van der Waals surface area contributed by atoms with Crippen LogP contribution in [0.5, 0.6) is 5.75 Å². The van der Waals surface area contributed by atoms with E-state index in [1.807, 2.05) is 34.9 Å². The minimum Gasteiger partial charge on any atom is -0.508 e. The van der Waals surface area contributed by atoms with Gasteiger partial charge in [0.05, 0.1) is 18.2 Å². The van der Waals surface area contributed by atoms with Crippen molar-refractivity contribution in [3.63, 3.8) is 0 Å². The first-order chi connectivity index (χ1) is 11.8. The fourth-order valence-corrected chi connectivity index (χ4v) is 2.66. The van der Waals surface area contributed by atoms with Crippen LogP contribution in [-0.4, -0.2) is 24.6 Å². The fraction of sp³-hybridized carbons (Fsp3) is 0.105. The van der Waals surface area contributed by atoms with Gasteiger partial charge in [0.25, 0.3) is 0 Å². The highest BCUT2D eigenvalue weighted by Gasteiger charge is 2.08. The first kappa shape index (κ1) is 14.4. The number of rotatable bonds is 4. The molecule has 24 heavy (non-hydrogen) atoms. The van der Waals surface area contributed by atoms with E-state index in [1.165, 1.54) is 5.56 Å². The molecule has 1 N–H and O–H groups in total. The van der Waals surface area contributed by atoms with Gasteiger partial charge in [0.1, 0.15) is 5.75 Å². The number of hydrogen-bond donors (Lipinski definition) is 1. The van der Waals surface area contributed by atoms with Crippen LogP contribution in [0.3, 0.4) is 0 Å². The Bertz CT molecular complexity index is 962. The lowest BCUT2D eigenvalue weighted by Gasteiger charge is -2.05. The summed E-state index contributed by atoms with van der Waals surface area (Å²) >= 11 is 0. The second kappa shape index (κ2) is 6.12. The van der Waals surface area contributed by atoms with Crippen LogP contribution < -0.4 is 0 Å². The summed E-state index contributed by atoms with van der Waals surface area (Å²) in [5, 5.41) is 9.41. The first-order valence-corrected chi connectivity index (χ1v) is 7.81. The Balaban J connectivity index is 1.64. The summed E-state index contributed by atoms with van der Waals surface area (Å²) in [7, 11) is 0. The van der Waals surface area contributed by atoms with Gasteiger partial charge < -0.3 is 9.67 Å². The van der Waals surface area contributed by atoms with E-state index in [4.69, 9.17) is 4.98 Å². The molecule has 2 aromatic carbocycles. The molecule has 0 unspecified atom stereocenters. The molecule has 5 heteroatoms. The fourth-order valence-electron chi connectivity index (χ4n) is 2.66. The number of imidazole rings is 1. The number of aromatic nitrogens is 4. The van der Waals surface area contributed by atoms with Crippen molar-refractivity contribution in [1.82, 2.24) is 19.5 Å². The summed E-state index contributed by atoms with van der Waals surface area (Å²) in [5.74, 6) is 0.237. The molecular weight excluding hydrogens is 300 g/mol. The van der Waals surface area contributed by atoms with Crippen LogP contribution in [0.1, 0.15) is 5.56 Å². The van der Waals surface area contributed by atoms with Gasteiger partial charge in [0.2, 0.25) is 0 Å². The van der Waals surface area contributed by atoms with Gasteiger partial charge in [-0.1, -0.05) is 30.3 Å². The molecule has 0 aliphatic rings. The predicted octanol–water partition coefficient (Wildman–Crippen LogP) is 3.44. The second-order valence-electron chi connectivity index (χ2n) is 5.62. The molecule has 0 aliphatic carbocycles. The number of aromatic hydroxyl groups is 1. The van der Waals surface area contributed by atoms with Crippen molar-refractivity contribution in [2.24, 2.45) is 0 Å². The third kappa shape index (κ3) is 2.84. The largest absolute Gasteiger partial charge is 0.508 e. The Morgan fingerprint density at radius 2 is 1.71 bits per heavy atom. The minimum atomic E-state index is 0.237. The number of fused-ring (bicyclic) bond motifs is 1. The molecule has 0 fully saturated rings. The molecule has 0 bridgehead atoms. The van der Waals surface area contributed by atoms with Crippen molar-refractivity contribution in [2.45, 2.75) is 13.0 Å². The van der Waals surface area contributed by atoms with Gasteiger partial charge in [0.15, 0.2) is 11.3 Å². The van der Waals surface area contributed by atoms with E-state index in [-0.39, 0.29) is 5.75 Å². The minimum absolute atomic E-state index is 0.237. The molecule has 0 atom stereocenters. The predicted molar refractivity (Wildman–Crippen MR) is 92.6 cm³/mol. The first-order valence-electron chi connectivity index (χ1n) is 7.81. The van der Waals surface area contributed by atoms with Crippen molar-refractivity contribution < 1.29 is 5.11 Å². The molecule has 4 aromatic rings. The van der Waals surface area contributed by atoms with Crippen LogP contribution in [0.4, 0.5) is 0 Å². The van der Waals surface area contributed by atoms with E-state index in [9.17, 15) is 5.11 Å². The number of nitrogens with zero attached hydrogens (tertiary/aromatic N) is 4. The van der Waals surface area contributed by atoms with Crippen molar-refractivity contribution in [1.29, 1.82) is 0 Å². The standard InChI is InChI=1S/C19H16N4O/c24-16-8-6-15(7-9-16)17-12-20-18-19(22-17)23(13-21-18)11-10-14-4-2-1-3-5-14/h1-9,12-13,24H,10-11H2. The van der Waals surface area contributed by atoms with E-state index < -0.39 is 0 Å². The highest BCUT2D eigenvalue weighted by atomic mass is 16.3. The quantitative estimate of drug-likeness (QED) is 0.626. The van der Waals surface area contributed by atoms with E-state index in [0.29, 0.717) is 5.65 Å². The average molecular weight is 316 g/mol. The smallest absolute Gasteiger partial charge is 0.197 e. The van der Waals surface area contributed by atoms with E-state index in [0.717, 1.165) is 29.9 Å². The summed E-state index contributed by atoms with van der Waals surface area (Å²) in [6.45, 7) is 0.800. The SMILES string of the molecule is Oc1ccc(-c2cnc3ncn(CCc4ccccc4)c3n2)cc1. The molecule has 0 radical (unpaired) electrons. The highest BCUT2D eigenvalue weighted by Crippen LogP contribution is 2.21. The highest BCUT2D eigenvalue weighted by molar-refractivity contribution is 5.71. The van der Waals surface area contributed by atoms with Gasteiger partial charge in [-0.05, 0) is 36.2 Å². The van der Waals surface area contributed by atoms with Crippen LogP contribution in [-0.2, 0) is 13.0 Å². The Morgan fingerprint density at radius 1 is 0.917 bits per heavy atom. The van der Waals surface area contributed by atoms with Crippen LogP contribution in [0.15, 0.2) is 67.1 Å². The number of hydrogen-bond acceptors (Lipinski definition) is 4. The van der Waals surface area contributed by atoms with Crippen molar-refractivity contribution in [3.8, 4) is 17.0 Å². The van der Waals surface area contributed by atoms with Gasteiger partial charge in [-0.15, -0.1) is 0 Å². The number of phenolic OH excluding ortho intramolecular Hbond substituents is 1. The maximum Gasteiger partial charge on any atom is 0.197 e. The monoisotopic (exact) mass is 316 g/mol. The van der Waals surface area contributed by atoms with Gasteiger partial charge in [0, 0.05) is 12.1 Å². The average Bonchev–Trinajstić information content (AvgIpc) is 3.04. The molecule has 0 spiro atoms. The molecule has 2 heterocycles. The maximum absolute atomic E-state index is 9.41. The third-order valence-corrected chi connectivity index (χ3v) is 3.97. The summed E-state index contributed by atoms with van der Waals surface area (Å²) in [5.41, 5.74) is 4.38. The lowest BCUT2D eigenvalue weighted by Crippen LogP contribution is -2.01. The summed E-state index contributed by atoms with van der Waals surface area (Å²) in [4.78, 5) is 13.4. The Kier molecular flexibility index (Phi) is 3.67. The normalized spacial score (nSPS) is 11.0. The van der Waals surface area contributed by atoms with Crippen LogP contribution in [0.25, 0.3) is 22.6 Å². The topological polar surface area (TPSA) is 63.8 Å². The summed E-state index contributed by atoms with van der Waals surface area (Å²) in [6, 6.07) is 17.3. The van der Waals surface area contributed by atoms with Gasteiger partial charge in [-0.3, -0.25) is 0 Å². The zero-order valence-corrected chi connectivity index (χ0v) is 13.0. The Labute approximate surface area is 139 Å². The molecular formula is C19H16N4O. The zero-order valence-electron chi connectivity index (χ0n) is 13.0. The van der Waals surface area contributed by atoms with Crippen molar-refractivity contribution >= 4 is 11.3 Å². The molecule has 4 rings (SSSR count). The Morgan fingerprint density at radius 3 is 2.50 bits per heavy atom. The molecule has 0 amide bonds. The van der Waals surface area contributed by atoms with Crippen LogP contribution in [0.2, 0.25) is 0 Å². The zero-order chi connectivity index (χ0) is 16.4. The number of aryl methyl sites for hydroxylation is 2. The lowest BCUT2D eigenvalue weighted by molar-refractivity contribution is 0.475. The van der Waals surface area contributed by atoms with E-state index in [1.54, 1.807) is 24.7 Å². The van der Waals surface area contributed by atoms with Gasteiger partial charge >= 0.3 is 0 Å². The molecule has 2 aromatic heterocycles. The molecule has 5 nitrogen and oxygen atoms in total. The van der Waals surface area contributed by atoms with Gasteiger partial charge in [-0.25, -0.2) is 15.0 Å². The van der Waals surface area contributed by atoms with Crippen molar-refractivity contribution in [3.05, 3.63) is 72.7 Å². The summed E-state index contributed by atoms with van der Waals surface area (Å²) < 4.78 is 2.03. The summed E-state index contributed by atoms with van der Waals surface area (Å²) in [6.07, 6.45) is 4.41. The van der Waals surface area contributed by atoms with Gasteiger partial charge in [-0.2, -0.15) is 0 Å². The van der Waals surface area contributed by atoms with Crippen LogP contribution >= 0.6 is 0 Å². The second-order valence-corrected chi connectivity index (χ2v) is 5.62. The van der Waals surface area contributed by atoms with E-state index >= 15 is 0 Å². The maximum atomic E-state index is 9.41. The van der Waals surface area contributed by atoms with E-state index in [2.05, 4.69) is 22.1 Å². The number of benzene rings is 2. The van der Waals surface area contributed by atoms with Crippen molar-refractivity contribution in [2.75, 3.05) is 0 Å².